The summed E-state index contributed by atoms with van der Waals surface area (Å²) in [6.45, 7) is 6.62. The van der Waals surface area contributed by atoms with E-state index in [0.717, 1.165) is 0 Å². The molecule has 0 saturated heterocycles. The molecule has 0 aliphatic carbocycles. The molecule has 0 aromatic carbocycles. The van der Waals surface area contributed by atoms with Crippen LogP contribution in [0.25, 0.3) is 0 Å². The molecule has 0 radical (unpaired) electrons. The van der Waals surface area contributed by atoms with Crippen LogP contribution in [-0.4, -0.2) is 36.5 Å². The Morgan fingerprint density at radius 1 is 1.31 bits per heavy atom. The Kier molecular flexibility index (Phi) is 5.10. The van der Waals surface area contributed by atoms with Crippen molar-refractivity contribution in [1.82, 2.24) is 0 Å². The van der Waals surface area contributed by atoms with E-state index in [-0.39, 0.29) is 5.71 Å². The van der Waals surface area contributed by atoms with Crippen LogP contribution in [0, 0.1) is 0 Å². The number of rotatable bonds is 2. The van der Waals surface area contributed by atoms with Crippen molar-refractivity contribution < 1.29 is 19.1 Å². The standard InChI is InChI=1S/C10H18N2O4/c1-6(7(11)8(13)15-5)12-9(14)16-10(2,3)4/h7H,11H2,1-5H3. The number of hydrogen-bond donors (Lipinski definition) is 1. The summed E-state index contributed by atoms with van der Waals surface area (Å²) in [5.74, 6) is -0.648. The lowest BCUT2D eigenvalue weighted by Crippen LogP contribution is -2.38. The van der Waals surface area contributed by atoms with Gasteiger partial charge in [0.25, 0.3) is 0 Å². The molecule has 6 nitrogen and oxygen atoms in total. The predicted molar refractivity (Wildman–Crippen MR) is 59.3 cm³/mol. The van der Waals surface area contributed by atoms with Crippen LogP contribution in [0.2, 0.25) is 0 Å². The molecule has 0 bridgehead atoms. The van der Waals surface area contributed by atoms with Gasteiger partial charge in [-0.3, -0.25) is 0 Å². The normalized spacial score (nSPS) is 14.2. The summed E-state index contributed by atoms with van der Waals surface area (Å²) < 4.78 is 9.36. The molecule has 92 valence electrons. The maximum atomic E-state index is 11.3. The van der Waals surface area contributed by atoms with Crippen LogP contribution in [0.1, 0.15) is 27.7 Å². The molecule has 0 aliphatic heterocycles. The summed E-state index contributed by atoms with van der Waals surface area (Å²) in [7, 11) is 1.21. The molecule has 1 atom stereocenters. The Morgan fingerprint density at radius 2 is 1.81 bits per heavy atom. The van der Waals surface area contributed by atoms with Gasteiger partial charge >= 0.3 is 12.1 Å². The van der Waals surface area contributed by atoms with Crippen LogP contribution in [0.5, 0.6) is 0 Å². The second-order valence-electron chi connectivity index (χ2n) is 4.23. The van der Waals surface area contributed by atoms with E-state index < -0.39 is 23.7 Å². The number of hydrogen-bond acceptors (Lipinski definition) is 5. The van der Waals surface area contributed by atoms with E-state index in [1.807, 2.05) is 0 Å². The van der Waals surface area contributed by atoms with Crippen molar-refractivity contribution in [3.8, 4) is 0 Å². The van der Waals surface area contributed by atoms with Crippen LogP contribution in [0.3, 0.4) is 0 Å². The van der Waals surface area contributed by atoms with Gasteiger partial charge in [0, 0.05) is 0 Å². The molecule has 16 heavy (non-hydrogen) atoms. The zero-order valence-electron chi connectivity index (χ0n) is 10.2. The van der Waals surface area contributed by atoms with Crippen molar-refractivity contribution in [1.29, 1.82) is 0 Å². The Balaban J connectivity index is 4.54. The summed E-state index contributed by atoms with van der Waals surface area (Å²) in [5, 5.41) is 0. The van der Waals surface area contributed by atoms with Gasteiger partial charge in [0.15, 0.2) is 0 Å². The zero-order chi connectivity index (χ0) is 12.9. The van der Waals surface area contributed by atoms with Crippen LogP contribution in [0.4, 0.5) is 4.79 Å². The van der Waals surface area contributed by atoms with E-state index in [4.69, 9.17) is 10.5 Å². The van der Waals surface area contributed by atoms with Crippen LogP contribution in [-0.2, 0) is 14.3 Å². The Bertz CT molecular complexity index is 304. The smallest absolute Gasteiger partial charge is 0.434 e. The maximum absolute atomic E-state index is 11.3. The maximum Gasteiger partial charge on any atom is 0.434 e. The minimum absolute atomic E-state index is 0.154. The molecule has 0 saturated carbocycles. The molecule has 1 amide bonds. The topological polar surface area (TPSA) is 91.0 Å². The number of carbonyl (C=O) groups excluding carboxylic acids is 2. The number of nitrogens with zero attached hydrogens (tertiary/aromatic N) is 1. The van der Waals surface area contributed by atoms with E-state index in [1.165, 1.54) is 14.0 Å². The Labute approximate surface area is 94.8 Å². The van der Waals surface area contributed by atoms with Gasteiger partial charge in [-0.25, -0.2) is 9.59 Å². The number of carbonyl (C=O) groups is 2. The fraction of sp³-hybridized carbons (Fsp3) is 0.700. The highest BCUT2D eigenvalue weighted by Crippen LogP contribution is 2.08. The number of nitrogens with two attached hydrogens (primary N) is 1. The van der Waals surface area contributed by atoms with Crippen LogP contribution < -0.4 is 5.73 Å². The summed E-state index contributed by atoms with van der Waals surface area (Å²) in [6, 6.07) is -1.04. The largest absolute Gasteiger partial charge is 0.468 e. The molecule has 6 heteroatoms. The van der Waals surface area contributed by atoms with Crippen molar-refractivity contribution in [3.05, 3.63) is 0 Å². The first-order valence-corrected chi connectivity index (χ1v) is 4.79. The molecule has 0 heterocycles. The van der Waals surface area contributed by atoms with E-state index in [2.05, 4.69) is 9.73 Å². The number of amides is 1. The predicted octanol–water partition coefficient (Wildman–Crippen LogP) is 0.883. The summed E-state index contributed by atoms with van der Waals surface area (Å²) >= 11 is 0. The molecule has 0 rings (SSSR count). The third-order valence-electron chi connectivity index (χ3n) is 1.57. The van der Waals surface area contributed by atoms with Gasteiger partial charge in [-0.2, -0.15) is 4.99 Å². The van der Waals surface area contributed by atoms with Crippen molar-refractivity contribution in [2.75, 3.05) is 7.11 Å². The number of aliphatic imine (C=N–C) groups is 1. The fourth-order valence-electron chi connectivity index (χ4n) is 0.796. The van der Waals surface area contributed by atoms with Crippen molar-refractivity contribution in [3.63, 3.8) is 0 Å². The minimum atomic E-state index is -1.04. The van der Waals surface area contributed by atoms with Crippen molar-refractivity contribution in [2.45, 2.75) is 39.3 Å². The lowest BCUT2D eigenvalue weighted by Gasteiger charge is -2.18. The molecular weight excluding hydrogens is 212 g/mol. The molecule has 0 aliphatic rings. The third kappa shape index (κ3) is 5.45. The molecule has 0 fully saturated rings. The summed E-state index contributed by atoms with van der Waals surface area (Å²) in [6.07, 6.45) is -0.774. The second kappa shape index (κ2) is 5.60. The van der Waals surface area contributed by atoms with Gasteiger partial charge in [0.2, 0.25) is 0 Å². The van der Waals surface area contributed by atoms with E-state index in [9.17, 15) is 9.59 Å². The first kappa shape index (κ1) is 14.6. The van der Waals surface area contributed by atoms with E-state index in [1.54, 1.807) is 20.8 Å². The number of esters is 1. The molecule has 0 aromatic rings. The van der Waals surface area contributed by atoms with Gasteiger partial charge in [-0.15, -0.1) is 0 Å². The number of methoxy groups -OCH3 is 1. The van der Waals surface area contributed by atoms with Gasteiger partial charge in [0.1, 0.15) is 11.6 Å². The Hall–Kier alpha value is -1.43. The zero-order valence-corrected chi connectivity index (χ0v) is 10.2. The van der Waals surface area contributed by atoms with Crippen molar-refractivity contribution in [2.24, 2.45) is 10.7 Å². The average Bonchev–Trinajstić information content (AvgIpc) is 2.12. The fourth-order valence-corrected chi connectivity index (χ4v) is 0.796. The molecule has 0 spiro atoms. The SMILES string of the molecule is COC(=O)C(N)C(C)=NC(=O)OC(C)(C)C. The van der Waals surface area contributed by atoms with E-state index in [0.29, 0.717) is 0 Å². The van der Waals surface area contributed by atoms with Gasteiger partial charge in [-0.1, -0.05) is 0 Å². The summed E-state index contributed by atoms with van der Waals surface area (Å²) in [5.41, 5.74) is 5.00. The van der Waals surface area contributed by atoms with Gasteiger partial charge in [0.05, 0.1) is 12.8 Å². The molecule has 0 aromatic heterocycles. The lowest BCUT2D eigenvalue weighted by atomic mass is 10.2. The minimum Gasteiger partial charge on any atom is -0.468 e. The molecular formula is C10H18N2O4. The molecule has 2 N–H and O–H groups in total. The lowest BCUT2D eigenvalue weighted by molar-refractivity contribution is -0.140. The average molecular weight is 230 g/mol. The molecule has 1 unspecified atom stereocenters. The quantitative estimate of drug-likeness (QED) is 0.561. The van der Waals surface area contributed by atoms with Crippen LogP contribution in [0.15, 0.2) is 4.99 Å². The first-order chi connectivity index (χ1) is 7.17. The van der Waals surface area contributed by atoms with E-state index >= 15 is 0 Å². The second-order valence-corrected chi connectivity index (χ2v) is 4.23. The van der Waals surface area contributed by atoms with Gasteiger partial charge < -0.3 is 15.2 Å². The highest BCUT2D eigenvalue weighted by molar-refractivity contribution is 6.07. The van der Waals surface area contributed by atoms with Crippen LogP contribution >= 0.6 is 0 Å². The third-order valence-corrected chi connectivity index (χ3v) is 1.57. The van der Waals surface area contributed by atoms with Gasteiger partial charge in [-0.05, 0) is 27.7 Å². The highest BCUT2D eigenvalue weighted by Gasteiger charge is 2.20. The first-order valence-electron chi connectivity index (χ1n) is 4.79. The monoisotopic (exact) mass is 230 g/mol. The van der Waals surface area contributed by atoms with Crippen molar-refractivity contribution >= 4 is 17.8 Å². The Morgan fingerprint density at radius 3 is 2.19 bits per heavy atom. The highest BCUT2D eigenvalue weighted by atomic mass is 16.6. The number of ether oxygens (including phenoxy) is 2. The summed E-state index contributed by atoms with van der Waals surface area (Å²) in [4.78, 5) is 25.9.